The van der Waals surface area contributed by atoms with Crippen LogP contribution in [0.3, 0.4) is 0 Å². The van der Waals surface area contributed by atoms with Gasteiger partial charge in [0.2, 0.25) is 5.91 Å². The first kappa shape index (κ1) is 22.6. The number of benzene rings is 2. The van der Waals surface area contributed by atoms with Crippen LogP contribution in [0.15, 0.2) is 60.7 Å². The number of carbonyl (C=O) groups excluding carboxylic acids is 2. The Morgan fingerprint density at radius 3 is 2.33 bits per heavy atom. The van der Waals surface area contributed by atoms with E-state index in [2.05, 4.69) is 34.9 Å². The number of fused-ring (bicyclic) bond motifs is 3. The van der Waals surface area contributed by atoms with Crippen molar-refractivity contribution in [3.05, 3.63) is 71.8 Å². The van der Waals surface area contributed by atoms with Crippen LogP contribution in [0.5, 0.6) is 0 Å². The molecular weight excluding hydrogens is 420 g/mol. The number of carboxylic acid groups (broad SMARTS) is 1. The van der Waals surface area contributed by atoms with Crippen LogP contribution < -0.4 is 10.6 Å². The van der Waals surface area contributed by atoms with Gasteiger partial charge in [0.05, 0.1) is 11.8 Å². The molecule has 0 fully saturated rings. The normalized spacial score (nSPS) is 19.8. The lowest BCUT2D eigenvalue weighted by molar-refractivity contribution is -0.142. The van der Waals surface area contributed by atoms with Crippen LogP contribution in [0.4, 0.5) is 4.79 Å². The fraction of sp³-hybridized carbons (Fsp3) is 0.346. The maximum atomic E-state index is 12.5. The van der Waals surface area contributed by atoms with Gasteiger partial charge in [-0.3, -0.25) is 9.59 Å². The van der Waals surface area contributed by atoms with Crippen molar-refractivity contribution in [2.45, 2.75) is 31.7 Å². The molecule has 2 aliphatic rings. The molecule has 0 radical (unpaired) electrons. The number of hydrogen-bond donors (Lipinski definition) is 3. The van der Waals surface area contributed by atoms with E-state index < -0.39 is 23.9 Å². The second kappa shape index (κ2) is 9.90. The van der Waals surface area contributed by atoms with E-state index in [1.807, 2.05) is 30.3 Å². The van der Waals surface area contributed by atoms with Crippen molar-refractivity contribution in [2.75, 3.05) is 13.2 Å². The predicted molar refractivity (Wildman–Crippen MR) is 124 cm³/mol. The summed E-state index contributed by atoms with van der Waals surface area (Å²) in [6.45, 7) is 2.05. The van der Waals surface area contributed by atoms with Crippen molar-refractivity contribution in [1.29, 1.82) is 0 Å². The number of hydrogen-bond acceptors (Lipinski definition) is 4. The lowest BCUT2D eigenvalue weighted by atomic mass is 9.91. The summed E-state index contributed by atoms with van der Waals surface area (Å²) in [5.74, 6) is -2.10. The molecule has 2 aliphatic carbocycles. The highest BCUT2D eigenvalue weighted by molar-refractivity contribution is 5.81. The number of carboxylic acids is 1. The summed E-state index contributed by atoms with van der Waals surface area (Å²) in [5, 5.41) is 14.7. The Balaban J connectivity index is 1.26. The van der Waals surface area contributed by atoms with E-state index >= 15 is 0 Å². The largest absolute Gasteiger partial charge is 0.481 e. The van der Waals surface area contributed by atoms with Crippen molar-refractivity contribution < 1.29 is 24.2 Å². The van der Waals surface area contributed by atoms with Crippen LogP contribution in [0.25, 0.3) is 11.1 Å². The summed E-state index contributed by atoms with van der Waals surface area (Å²) in [6, 6.07) is 15.9. The summed E-state index contributed by atoms with van der Waals surface area (Å²) in [6.07, 6.45) is 3.88. The summed E-state index contributed by atoms with van der Waals surface area (Å²) < 4.78 is 5.50. The first-order valence-corrected chi connectivity index (χ1v) is 11.2. The molecule has 1 unspecified atom stereocenters. The summed E-state index contributed by atoms with van der Waals surface area (Å²) in [4.78, 5) is 36.0. The quantitative estimate of drug-likeness (QED) is 0.561. The molecule has 33 heavy (non-hydrogen) atoms. The average molecular weight is 449 g/mol. The molecule has 2 aromatic carbocycles. The molecule has 3 N–H and O–H groups in total. The first-order valence-electron chi connectivity index (χ1n) is 11.2. The topological polar surface area (TPSA) is 105 Å². The molecule has 0 saturated carbocycles. The summed E-state index contributed by atoms with van der Waals surface area (Å²) in [7, 11) is 0. The molecule has 4 rings (SSSR count). The van der Waals surface area contributed by atoms with Gasteiger partial charge in [-0.2, -0.15) is 0 Å². The third-order valence-electron chi connectivity index (χ3n) is 6.35. The monoisotopic (exact) mass is 448 g/mol. The first-order chi connectivity index (χ1) is 15.9. The molecule has 0 spiro atoms. The fourth-order valence-electron chi connectivity index (χ4n) is 4.50. The number of rotatable bonds is 7. The van der Waals surface area contributed by atoms with Crippen LogP contribution in [0, 0.1) is 11.8 Å². The molecule has 0 aliphatic heterocycles. The average Bonchev–Trinajstić information content (AvgIpc) is 3.15. The third-order valence-corrected chi connectivity index (χ3v) is 6.35. The lowest BCUT2D eigenvalue weighted by Gasteiger charge is -2.24. The molecular formula is C26H28N2O5. The van der Waals surface area contributed by atoms with Gasteiger partial charge in [-0.15, -0.1) is 0 Å². The van der Waals surface area contributed by atoms with Crippen molar-refractivity contribution in [3.63, 3.8) is 0 Å². The van der Waals surface area contributed by atoms with Gasteiger partial charge >= 0.3 is 12.1 Å². The second-order valence-corrected chi connectivity index (χ2v) is 8.66. The van der Waals surface area contributed by atoms with Gasteiger partial charge in [0.1, 0.15) is 6.61 Å². The highest BCUT2D eigenvalue weighted by atomic mass is 16.5. The maximum absolute atomic E-state index is 12.5. The molecule has 2 amide bonds. The second-order valence-electron chi connectivity index (χ2n) is 8.66. The van der Waals surface area contributed by atoms with Gasteiger partial charge in [0, 0.05) is 18.5 Å². The van der Waals surface area contributed by atoms with Crippen molar-refractivity contribution in [3.8, 4) is 11.1 Å². The van der Waals surface area contributed by atoms with Crippen LogP contribution in [-0.4, -0.2) is 42.3 Å². The molecule has 172 valence electrons. The molecule has 0 saturated heterocycles. The van der Waals surface area contributed by atoms with Gasteiger partial charge in [0.25, 0.3) is 0 Å². The SMILES string of the molecule is CC(CNC(=O)OCC1c2ccccc2-c2ccccc21)C(=O)N[C@@H]1C=CC[C@@H](C(=O)O)C1. The highest BCUT2D eigenvalue weighted by Gasteiger charge is 2.29. The molecule has 7 nitrogen and oxygen atoms in total. The highest BCUT2D eigenvalue weighted by Crippen LogP contribution is 2.44. The molecule has 0 aromatic heterocycles. The molecule has 0 bridgehead atoms. The van der Waals surface area contributed by atoms with E-state index in [0.29, 0.717) is 12.8 Å². The summed E-state index contributed by atoms with van der Waals surface area (Å²) >= 11 is 0. The number of carbonyl (C=O) groups is 3. The Bertz CT molecular complexity index is 1030. The van der Waals surface area contributed by atoms with E-state index in [4.69, 9.17) is 4.74 Å². The minimum atomic E-state index is -0.858. The van der Waals surface area contributed by atoms with Crippen LogP contribution >= 0.6 is 0 Å². The van der Waals surface area contributed by atoms with Crippen molar-refractivity contribution in [1.82, 2.24) is 10.6 Å². The smallest absolute Gasteiger partial charge is 0.407 e. The zero-order valence-corrected chi connectivity index (χ0v) is 18.5. The number of allylic oxidation sites excluding steroid dienone is 1. The van der Waals surface area contributed by atoms with Crippen LogP contribution in [-0.2, 0) is 14.3 Å². The minimum Gasteiger partial charge on any atom is -0.481 e. The van der Waals surface area contributed by atoms with Crippen molar-refractivity contribution in [2.24, 2.45) is 11.8 Å². The maximum Gasteiger partial charge on any atom is 0.407 e. The Morgan fingerprint density at radius 2 is 1.70 bits per heavy atom. The van der Waals surface area contributed by atoms with Crippen LogP contribution in [0.1, 0.15) is 36.8 Å². The molecule has 7 heteroatoms. The van der Waals surface area contributed by atoms with E-state index in [0.717, 1.165) is 22.3 Å². The molecule has 2 aromatic rings. The number of alkyl carbamates (subject to hydrolysis) is 1. The van der Waals surface area contributed by atoms with E-state index in [1.54, 1.807) is 13.0 Å². The standard InChI is InChI=1S/C26H28N2O5/c1-16(24(29)28-18-8-6-7-17(13-18)25(30)31)14-27-26(32)33-15-23-21-11-4-2-9-19(21)20-10-3-5-12-22(20)23/h2-6,8-12,16-18,23H,7,13-15H2,1H3,(H,27,32)(H,28,29)(H,30,31)/t16?,17-,18-/m1/s1. The van der Waals surface area contributed by atoms with Crippen molar-refractivity contribution >= 4 is 18.0 Å². The van der Waals surface area contributed by atoms with Gasteiger partial charge in [0.15, 0.2) is 0 Å². The number of amides is 2. The molecule has 3 atom stereocenters. The Morgan fingerprint density at radius 1 is 1.06 bits per heavy atom. The minimum absolute atomic E-state index is 0.0239. The van der Waals surface area contributed by atoms with Gasteiger partial charge in [-0.05, 0) is 35.1 Å². The van der Waals surface area contributed by atoms with Gasteiger partial charge in [-0.1, -0.05) is 67.6 Å². The summed E-state index contributed by atoms with van der Waals surface area (Å²) in [5.41, 5.74) is 4.60. The van der Waals surface area contributed by atoms with E-state index in [1.165, 1.54) is 0 Å². The van der Waals surface area contributed by atoms with E-state index in [-0.39, 0.29) is 31.0 Å². The van der Waals surface area contributed by atoms with Crippen LogP contribution in [0.2, 0.25) is 0 Å². The third kappa shape index (κ3) is 5.08. The number of nitrogens with one attached hydrogen (secondary N) is 2. The zero-order chi connectivity index (χ0) is 23.4. The van der Waals surface area contributed by atoms with Gasteiger partial charge < -0.3 is 20.5 Å². The fourth-order valence-corrected chi connectivity index (χ4v) is 4.50. The number of ether oxygens (including phenoxy) is 1. The zero-order valence-electron chi connectivity index (χ0n) is 18.5. The predicted octanol–water partition coefficient (Wildman–Crippen LogP) is 3.70. The Hall–Kier alpha value is -3.61. The molecule has 0 heterocycles. The Kier molecular flexibility index (Phi) is 6.77. The van der Waals surface area contributed by atoms with E-state index in [9.17, 15) is 19.5 Å². The number of aliphatic carboxylic acids is 1. The lowest BCUT2D eigenvalue weighted by Crippen LogP contribution is -2.43. The Labute approximate surface area is 192 Å². The van der Waals surface area contributed by atoms with Gasteiger partial charge in [-0.25, -0.2) is 4.79 Å².